The van der Waals surface area contributed by atoms with Gasteiger partial charge in [0.05, 0.1) is 0 Å². The first kappa shape index (κ1) is 13.5. The normalized spacial score (nSPS) is 6.58. The van der Waals surface area contributed by atoms with Crippen molar-refractivity contribution in [3.8, 4) is 0 Å². The van der Waals surface area contributed by atoms with Crippen molar-refractivity contribution >= 4 is 6.29 Å². The van der Waals surface area contributed by atoms with Crippen molar-refractivity contribution in [2.45, 2.75) is 27.2 Å². The molecular weight excluding hydrogens is 148 g/mol. The number of carbonyl (C=O) groups is 1. The van der Waals surface area contributed by atoms with E-state index in [0.717, 1.165) is 6.29 Å². The summed E-state index contributed by atoms with van der Waals surface area (Å²) in [5.41, 5.74) is 0. The fourth-order valence-electron chi connectivity index (χ4n) is 0.385. The maximum atomic E-state index is 9.17. The average Bonchev–Trinajstić information content (AvgIpc) is 2.24. The summed E-state index contributed by atoms with van der Waals surface area (Å²) in [4.78, 5) is 9.17. The van der Waals surface area contributed by atoms with Crippen LogP contribution < -0.4 is 0 Å². The maximum absolute atomic E-state index is 9.17. The van der Waals surface area contributed by atoms with Crippen molar-refractivity contribution in [3.05, 3.63) is 36.4 Å². The quantitative estimate of drug-likeness (QED) is 0.585. The van der Waals surface area contributed by atoms with Gasteiger partial charge in [-0.2, -0.15) is 0 Å². The zero-order valence-electron chi connectivity index (χ0n) is 8.16. The van der Waals surface area contributed by atoms with Crippen LogP contribution in [0.3, 0.4) is 0 Å². The van der Waals surface area contributed by atoms with E-state index in [1.165, 1.54) is 0 Å². The highest BCUT2D eigenvalue weighted by molar-refractivity contribution is 5.48. The van der Waals surface area contributed by atoms with E-state index in [-0.39, 0.29) is 0 Å². The molecule has 0 aliphatic carbocycles. The van der Waals surface area contributed by atoms with Gasteiger partial charge in [0, 0.05) is 6.42 Å². The Morgan fingerprint density at radius 3 is 1.17 bits per heavy atom. The zero-order valence-corrected chi connectivity index (χ0v) is 8.16. The van der Waals surface area contributed by atoms with Gasteiger partial charge in [-0.3, -0.25) is 0 Å². The van der Waals surface area contributed by atoms with Crippen LogP contribution in [-0.4, -0.2) is 6.29 Å². The molecule has 0 radical (unpaired) electrons. The third kappa shape index (κ3) is 16.0. The predicted molar refractivity (Wildman–Crippen MR) is 54.1 cm³/mol. The van der Waals surface area contributed by atoms with Gasteiger partial charge in [0.15, 0.2) is 0 Å². The number of carbonyl (C=O) groups excluding carboxylic acids is 1. The molecule has 1 aromatic carbocycles. The molecule has 1 heteroatoms. The molecule has 0 aliphatic rings. The molecule has 0 unspecified atom stereocenters. The number of benzene rings is 1. The van der Waals surface area contributed by atoms with Crippen molar-refractivity contribution in [2.75, 3.05) is 0 Å². The van der Waals surface area contributed by atoms with E-state index in [1.807, 2.05) is 57.2 Å². The lowest BCUT2D eigenvalue weighted by Gasteiger charge is -1.69. The first-order chi connectivity index (χ1) is 5.91. The molecule has 12 heavy (non-hydrogen) atoms. The summed E-state index contributed by atoms with van der Waals surface area (Å²) in [7, 11) is 0. The highest BCUT2D eigenvalue weighted by atomic mass is 16.1. The molecule has 68 valence electrons. The molecule has 0 spiro atoms. The van der Waals surface area contributed by atoms with Gasteiger partial charge < -0.3 is 4.79 Å². The highest BCUT2D eigenvalue weighted by Gasteiger charge is 1.57. The summed E-state index contributed by atoms with van der Waals surface area (Å²) < 4.78 is 0. The van der Waals surface area contributed by atoms with Crippen LogP contribution in [-0.2, 0) is 4.79 Å². The number of hydrogen-bond acceptors (Lipinski definition) is 1. The molecule has 1 nitrogen and oxygen atoms in total. The SMILES string of the molecule is CC.CCC=O.c1ccccc1. The number of aldehydes is 1. The Morgan fingerprint density at radius 1 is 0.917 bits per heavy atom. The van der Waals surface area contributed by atoms with Gasteiger partial charge in [0.1, 0.15) is 6.29 Å². The maximum Gasteiger partial charge on any atom is 0.119 e. The highest BCUT2D eigenvalue weighted by Crippen LogP contribution is 1.79. The van der Waals surface area contributed by atoms with E-state index >= 15 is 0 Å². The molecule has 0 heterocycles. The molecule has 0 N–H and O–H groups in total. The van der Waals surface area contributed by atoms with Crippen LogP contribution in [0, 0.1) is 0 Å². The van der Waals surface area contributed by atoms with E-state index in [4.69, 9.17) is 0 Å². The van der Waals surface area contributed by atoms with Crippen LogP contribution in [0.4, 0.5) is 0 Å². The van der Waals surface area contributed by atoms with Crippen LogP contribution in [0.2, 0.25) is 0 Å². The van der Waals surface area contributed by atoms with Crippen LogP contribution in [0.15, 0.2) is 36.4 Å². The van der Waals surface area contributed by atoms with Crippen molar-refractivity contribution in [1.29, 1.82) is 0 Å². The molecular formula is C11H18O. The lowest BCUT2D eigenvalue weighted by Crippen LogP contribution is -1.55. The Labute approximate surface area is 75.4 Å². The van der Waals surface area contributed by atoms with Crippen molar-refractivity contribution in [1.82, 2.24) is 0 Å². The third-order valence-electron chi connectivity index (χ3n) is 0.833. The predicted octanol–water partition coefficient (Wildman–Crippen LogP) is 3.31. The summed E-state index contributed by atoms with van der Waals surface area (Å²) in [6, 6.07) is 12.0. The van der Waals surface area contributed by atoms with Gasteiger partial charge in [-0.25, -0.2) is 0 Å². The number of rotatable bonds is 1. The first-order valence-electron chi connectivity index (χ1n) is 4.35. The minimum absolute atomic E-state index is 0.639. The van der Waals surface area contributed by atoms with Gasteiger partial charge in [0.2, 0.25) is 0 Å². The Kier molecular flexibility index (Phi) is 18.5. The topological polar surface area (TPSA) is 17.1 Å². The van der Waals surface area contributed by atoms with Gasteiger partial charge >= 0.3 is 0 Å². The average molecular weight is 166 g/mol. The summed E-state index contributed by atoms with van der Waals surface area (Å²) >= 11 is 0. The second kappa shape index (κ2) is 16.5. The smallest absolute Gasteiger partial charge is 0.119 e. The molecule has 0 bridgehead atoms. The molecule has 1 rings (SSSR count). The fraction of sp³-hybridized carbons (Fsp3) is 0.364. The minimum atomic E-state index is 0.639. The van der Waals surface area contributed by atoms with E-state index in [1.54, 1.807) is 0 Å². The summed E-state index contributed by atoms with van der Waals surface area (Å²) in [5.74, 6) is 0. The van der Waals surface area contributed by atoms with Gasteiger partial charge in [-0.1, -0.05) is 57.2 Å². The summed E-state index contributed by atoms with van der Waals surface area (Å²) in [6.45, 7) is 5.81. The first-order valence-corrected chi connectivity index (χ1v) is 4.35. The lowest BCUT2D eigenvalue weighted by atomic mass is 10.4. The van der Waals surface area contributed by atoms with Crippen molar-refractivity contribution < 1.29 is 4.79 Å². The summed E-state index contributed by atoms with van der Waals surface area (Å²) in [6.07, 6.45) is 1.51. The Bertz CT molecular complexity index is 120. The molecule has 0 aliphatic heterocycles. The number of hydrogen-bond donors (Lipinski definition) is 0. The van der Waals surface area contributed by atoms with E-state index in [0.29, 0.717) is 6.42 Å². The molecule has 0 aromatic heterocycles. The van der Waals surface area contributed by atoms with Gasteiger partial charge in [-0.05, 0) is 0 Å². The molecule has 0 fully saturated rings. The monoisotopic (exact) mass is 166 g/mol. The Hall–Kier alpha value is -1.11. The zero-order chi connectivity index (χ0) is 9.66. The second-order valence-corrected chi connectivity index (χ2v) is 1.73. The molecule has 1 aromatic rings. The van der Waals surface area contributed by atoms with Crippen molar-refractivity contribution in [3.63, 3.8) is 0 Å². The fourth-order valence-corrected chi connectivity index (χ4v) is 0.385. The largest absolute Gasteiger partial charge is 0.303 e. The van der Waals surface area contributed by atoms with E-state index in [2.05, 4.69) is 0 Å². The second-order valence-electron chi connectivity index (χ2n) is 1.73. The van der Waals surface area contributed by atoms with Gasteiger partial charge in [0.25, 0.3) is 0 Å². The molecule has 0 amide bonds. The van der Waals surface area contributed by atoms with E-state index < -0.39 is 0 Å². The van der Waals surface area contributed by atoms with Crippen LogP contribution in [0.1, 0.15) is 27.2 Å². The Morgan fingerprint density at radius 2 is 1.08 bits per heavy atom. The van der Waals surface area contributed by atoms with Crippen molar-refractivity contribution in [2.24, 2.45) is 0 Å². The molecule has 0 atom stereocenters. The molecule has 0 saturated carbocycles. The summed E-state index contributed by atoms with van der Waals surface area (Å²) in [5, 5.41) is 0. The van der Waals surface area contributed by atoms with Crippen LogP contribution in [0.5, 0.6) is 0 Å². The third-order valence-corrected chi connectivity index (χ3v) is 0.833. The minimum Gasteiger partial charge on any atom is -0.303 e. The lowest BCUT2D eigenvalue weighted by molar-refractivity contribution is -0.107. The molecule has 0 saturated heterocycles. The Balaban J connectivity index is 0. The van der Waals surface area contributed by atoms with Gasteiger partial charge in [-0.15, -0.1) is 0 Å². The van der Waals surface area contributed by atoms with Crippen LogP contribution >= 0.6 is 0 Å². The van der Waals surface area contributed by atoms with E-state index in [9.17, 15) is 4.79 Å². The standard InChI is InChI=1S/C6H6.C3H6O.C2H6/c1-2-4-6-5-3-1;1-2-3-4;1-2/h1-6H;3H,2H2,1H3;1-2H3. The van der Waals surface area contributed by atoms with Crippen LogP contribution in [0.25, 0.3) is 0 Å².